The first-order valence-electron chi connectivity index (χ1n) is 6.01. The highest BCUT2D eigenvalue weighted by Gasteiger charge is 2.10. The molecule has 0 bridgehead atoms. The molecule has 0 atom stereocenters. The van der Waals surface area contributed by atoms with Crippen molar-refractivity contribution in [2.75, 3.05) is 13.7 Å². The van der Waals surface area contributed by atoms with Crippen molar-refractivity contribution in [3.05, 3.63) is 29.5 Å². The van der Waals surface area contributed by atoms with Gasteiger partial charge in [0.1, 0.15) is 5.70 Å². The molecule has 0 saturated carbocycles. The van der Waals surface area contributed by atoms with Crippen LogP contribution in [0.4, 0.5) is 0 Å². The number of nitrogens with one attached hydrogen (secondary N) is 1. The molecule has 0 heterocycles. The van der Waals surface area contributed by atoms with E-state index in [9.17, 15) is 9.59 Å². The lowest BCUT2D eigenvalue weighted by Gasteiger charge is -2.10. The number of hydrogen-bond donors (Lipinski definition) is 2. The van der Waals surface area contributed by atoms with Crippen LogP contribution in [0.25, 0.3) is 6.08 Å². The normalized spacial score (nSPS) is 10.8. The van der Waals surface area contributed by atoms with E-state index in [4.69, 9.17) is 14.6 Å². The van der Waals surface area contributed by atoms with Crippen LogP contribution in [0.1, 0.15) is 19.4 Å². The number of carbonyl (C=O) groups is 2. The Morgan fingerprint density at radius 1 is 1.35 bits per heavy atom. The summed E-state index contributed by atoms with van der Waals surface area (Å²) in [6.45, 7) is 3.60. The lowest BCUT2D eigenvalue weighted by Crippen LogP contribution is -2.24. The van der Waals surface area contributed by atoms with Crippen LogP contribution in [-0.2, 0) is 9.59 Å². The van der Waals surface area contributed by atoms with Crippen molar-refractivity contribution in [3.8, 4) is 11.5 Å². The Hall–Kier alpha value is -2.50. The van der Waals surface area contributed by atoms with Crippen molar-refractivity contribution < 1.29 is 24.2 Å². The van der Waals surface area contributed by atoms with Crippen molar-refractivity contribution in [1.29, 1.82) is 0 Å². The maximum absolute atomic E-state index is 11.0. The van der Waals surface area contributed by atoms with Gasteiger partial charge in [-0.15, -0.1) is 0 Å². The molecule has 6 heteroatoms. The molecular weight excluding hydrogens is 262 g/mol. The first-order valence-corrected chi connectivity index (χ1v) is 6.01. The smallest absolute Gasteiger partial charge is 0.352 e. The number of carboxylic acids is 1. The van der Waals surface area contributed by atoms with Gasteiger partial charge in [0, 0.05) is 6.92 Å². The molecule has 2 N–H and O–H groups in total. The molecule has 0 fully saturated rings. The standard InChI is InChI=1S/C14H17NO5/c1-4-20-12-6-5-10(8-13(12)19-3)7-11(14(17)18)15-9(2)16/h5-8H,4H2,1-3H3,(H,15,16)(H,17,18)/b11-7+. The topological polar surface area (TPSA) is 84.9 Å². The van der Waals surface area contributed by atoms with Gasteiger partial charge in [0.05, 0.1) is 13.7 Å². The van der Waals surface area contributed by atoms with Crippen LogP contribution in [0, 0.1) is 0 Å². The summed E-state index contributed by atoms with van der Waals surface area (Å²) >= 11 is 0. The van der Waals surface area contributed by atoms with Gasteiger partial charge in [0.25, 0.3) is 0 Å². The van der Waals surface area contributed by atoms with Crippen LogP contribution < -0.4 is 14.8 Å². The first kappa shape index (κ1) is 15.6. The van der Waals surface area contributed by atoms with Gasteiger partial charge in [-0.05, 0) is 30.7 Å². The fourth-order valence-corrected chi connectivity index (χ4v) is 1.56. The summed E-state index contributed by atoms with van der Waals surface area (Å²) in [4.78, 5) is 22.0. The van der Waals surface area contributed by atoms with E-state index in [-0.39, 0.29) is 5.70 Å². The molecule has 0 aliphatic rings. The average Bonchev–Trinajstić information content (AvgIpc) is 2.39. The van der Waals surface area contributed by atoms with Gasteiger partial charge < -0.3 is 19.9 Å². The molecule has 1 amide bonds. The minimum atomic E-state index is -1.21. The molecule has 0 unspecified atom stereocenters. The van der Waals surface area contributed by atoms with E-state index in [1.807, 2.05) is 6.92 Å². The third kappa shape index (κ3) is 4.31. The maximum atomic E-state index is 11.0. The summed E-state index contributed by atoms with van der Waals surface area (Å²) in [5, 5.41) is 11.3. The summed E-state index contributed by atoms with van der Waals surface area (Å²) in [7, 11) is 1.50. The summed E-state index contributed by atoms with van der Waals surface area (Å²) in [5.74, 6) is -0.596. The van der Waals surface area contributed by atoms with E-state index in [2.05, 4.69) is 5.32 Å². The zero-order valence-electron chi connectivity index (χ0n) is 11.6. The molecule has 0 aromatic heterocycles. The van der Waals surface area contributed by atoms with E-state index in [1.54, 1.807) is 18.2 Å². The molecule has 20 heavy (non-hydrogen) atoms. The molecule has 0 radical (unpaired) electrons. The van der Waals surface area contributed by atoms with E-state index >= 15 is 0 Å². The minimum absolute atomic E-state index is 0.205. The average molecular weight is 279 g/mol. The molecule has 0 aliphatic heterocycles. The highest BCUT2D eigenvalue weighted by Crippen LogP contribution is 2.28. The van der Waals surface area contributed by atoms with Crippen molar-refractivity contribution in [3.63, 3.8) is 0 Å². The van der Waals surface area contributed by atoms with Crippen LogP contribution in [-0.4, -0.2) is 30.7 Å². The Balaban J connectivity index is 3.12. The number of hydrogen-bond acceptors (Lipinski definition) is 4. The van der Waals surface area contributed by atoms with Crippen LogP contribution in [0.5, 0.6) is 11.5 Å². The molecule has 0 aliphatic carbocycles. The monoisotopic (exact) mass is 279 g/mol. The summed E-state index contributed by atoms with van der Waals surface area (Å²) < 4.78 is 10.5. The maximum Gasteiger partial charge on any atom is 0.352 e. The van der Waals surface area contributed by atoms with E-state index in [0.29, 0.717) is 23.7 Å². The number of carbonyl (C=O) groups excluding carboxylic acids is 1. The Morgan fingerprint density at radius 2 is 2.05 bits per heavy atom. The van der Waals surface area contributed by atoms with Gasteiger partial charge in [-0.3, -0.25) is 4.79 Å². The van der Waals surface area contributed by atoms with Gasteiger partial charge in [0.15, 0.2) is 11.5 Å². The van der Waals surface area contributed by atoms with Crippen molar-refractivity contribution >= 4 is 18.0 Å². The van der Waals surface area contributed by atoms with Gasteiger partial charge in [0.2, 0.25) is 5.91 Å². The van der Waals surface area contributed by atoms with Gasteiger partial charge in [-0.25, -0.2) is 4.79 Å². The second-order valence-electron chi connectivity index (χ2n) is 3.89. The van der Waals surface area contributed by atoms with Crippen molar-refractivity contribution in [1.82, 2.24) is 5.32 Å². The zero-order chi connectivity index (χ0) is 15.1. The summed E-state index contributed by atoms with van der Waals surface area (Å²) in [6.07, 6.45) is 1.35. The number of methoxy groups -OCH3 is 1. The van der Waals surface area contributed by atoms with Crippen LogP contribution in [0.2, 0.25) is 0 Å². The Bertz CT molecular complexity index is 536. The van der Waals surface area contributed by atoms with E-state index in [1.165, 1.54) is 20.1 Å². The number of rotatable bonds is 6. The summed E-state index contributed by atoms with van der Waals surface area (Å²) in [6, 6.07) is 5.00. The molecule has 108 valence electrons. The second-order valence-corrected chi connectivity index (χ2v) is 3.89. The number of carboxylic acid groups (broad SMARTS) is 1. The second kappa shape index (κ2) is 7.18. The van der Waals surface area contributed by atoms with Gasteiger partial charge in [-0.2, -0.15) is 0 Å². The van der Waals surface area contributed by atoms with Crippen molar-refractivity contribution in [2.24, 2.45) is 0 Å². The van der Waals surface area contributed by atoms with Crippen LogP contribution in [0.3, 0.4) is 0 Å². The minimum Gasteiger partial charge on any atom is -0.493 e. The van der Waals surface area contributed by atoms with E-state index in [0.717, 1.165) is 0 Å². The Labute approximate surface area is 117 Å². The highest BCUT2D eigenvalue weighted by atomic mass is 16.5. The molecule has 6 nitrogen and oxygen atoms in total. The van der Waals surface area contributed by atoms with Crippen LogP contribution >= 0.6 is 0 Å². The number of ether oxygens (including phenoxy) is 2. The SMILES string of the molecule is CCOc1ccc(/C=C(/NC(C)=O)C(=O)O)cc1OC. The van der Waals surface area contributed by atoms with Crippen molar-refractivity contribution in [2.45, 2.75) is 13.8 Å². The number of benzene rings is 1. The number of aliphatic carboxylic acids is 1. The molecule has 0 spiro atoms. The highest BCUT2D eigenvalue weighted by molar-refractivity contribution is 5.96. The number of amides is 1. The van der Waals surface area contributed by atoms with E-state index < -0.39 is 11.9 Å². The predicted molar refractivity (Wildman–Crippen MR) is 73.6 cm³/mol. The fraction of sp³-hybridized carbons (Fsp3) is 0.286. The third-order valence-electron chi connectivity index (χ3n) is 2.34. The molecule has 1 aromatic carbocycles. The largest absolute Gasteiger partial charge is 0.493 e. The van der Waals surface area contributed by atoms with Gasteiger partial charge >= 0.3 is 5.97 Å². The van der Waals surface area contributed by atoms with Gasteiger partial charge in [-0.1, -0.05) is 6.07 Å². The quantitative estimate of drug-likeness (QED) is 0.773. The predicted octanol–water partition coefficient (Wildman–Crippen LogP) is 1.66. The molecule has 1 rings (SSSR count). The Kier molecular flexibility index (Phi) is 5.58. The molecule has 0 saturated heterocycles. The Morgan fingerprint density at radius 3 is 2.55 bits per heavy atom. The molecule has 1 aromatic rings. The zero-order valence-corrected chi connectivity index (χ0v) is 11.6. The lowest BCUT2D eigenvalue weighted by molar-refractivity contribution is -0.134. The summed E-state index contributed by atoms with van der Waals surface area (Å²) in [5.41, 5.74) is 0.375. The van der Waals surface area contributed by atoms with Crippen LogP contribution in [0.15, 0.2) is 23.9 Å². The first-order chi connectivity index (χ1) is 9.47. The lowest BCUT2D eigenvalue weighted by atomic mass is 10.1. The fourth-order valence-electron chi connectivity index (χ4n) is 1.56. The third-order valence-corrected chi connectivity index (χ3v) is 2.34. The molecular formula is C14H17NO5.